The Morgan fingerprint density at radius 1 is 1.50 bits per heavy atom. The molecule has 2 aromatic rings. The van der Waals surface area contributed by atoms with Crippen LogP contribution < -0.4 is 11.1 Å². The van der Waals surface area contributed by atoms with Gasteiger partial charge in [0, 0.05) is 25.4 Å². The molecule has 2 heterocycles. The molecule has 6 nitrogen and oxygen atoms in total. The molecule has 7 heteroatoms. The van der Waals surface area contributed by atoms with Gasteiger partial charge in [-0.1, -0.05) is 25.1 Å². The lowest BCUT2D eigenvalue weighted by atomic mass is 10.0. The summed E-state index contributed by atoms with van der Waals surface area (Å²) in [5.41, 5.74) is 5.68. The molecule has 0 aromatic carbocycles. The van der Waals surface area contributed by atoms with Crippen LogP contribution in [0.4, 0.5) is 0 Å². The number of nitrogens with two attached hydrogens (primary N) is 1. The zero-order valence-electron chi connectivity index (χ0n) is 12.9. The summed E-state index contributed by atoms with van der Waals surface area (Å²) in [6.07, 6.45) is 1.63. The fourth-order valence-electron chi connectivity index (χ4n) is 2.17. The molecule has 1 amide bonds. The summed E-state index contributed by atoms with van der Waals surface area (Å²) in [4.78, 5) is 17.2. The third-order valence-corrected chi connectivity index (χ3v) is 4.05. The Kier molecular flexibility index (Phi) is 6.09. The Hall–Kier alpha value is -1.73. The number of hydrogen-bond donors (Lipinski definition) is 2. The molecule has 0 aliphatic carbocycles. The van der Waals surface area contributed by atoms with Gasteiger partial charge in [-0.3, -0.25) is 4.79 Å². The first-order valence-electron chi connectivity index (χ1n) is 7.44. The molecule has 22 heavy (non-hydrogen) atoms. The summed E-state index contributed by atoms with van der Waals surface area (Å²) in [6, 6.07) is 3.89. The van der Waals surface area contributed by atoms with Crippen LogP contribution in [0.5, 0.6) is 0 Å². The summed E-state index contributed by atoms with van der Waals surface area (Å²) in [5.74, 6) is 1.52. The van der Waals surface area contributed by atoms with E-state index in [1.807, 2.05) is 17.5 Å². The van der Waals surface area contributed by atoms with Crippen LogP contribution in [0.1, 0.15) is 32.6 Å². The molecule has 0 saturated carbocycles. The molecule has 0 aliphatic rings. The minimum atomic E-state index is -0.0352. The number of carbonyl (C=O) groups excluding carboxylic acids is 1. The second-order valence-corrected chi connectivity index (χ2v) is 6.57. The van der Waals surface area contributed by atoms with Crippen LogP contribution in [-0.2, 0) is 11.2 Å². The van der Waals surface area contributed by atoms with E-state index in [0.717, 1.165) is 11.3 Å². The van der Waals surface area contributed by atoms with Crippen molar-refractivity contribution in [3.8, 4) is 10.7 Å². The van der Waals surface area contributed by atoms with E-state index in [-0.39, 0.29) is 11.9 Å². The normalized spacial score (nSPS) is 12.5. The van der Waals surface area contributed by atoms with Crippen LogP contribution in [0.2, 0.25) is 0 Å². The van der Waals surface area contributed by atoms with Gasteiger partial charge in [0.25, 0.3) is 0 Å². The lowest BCUT2D eigenvalue weighted by molar-refractivity contribution is -0.121. The Labute approximate surface area is 134 Å². The van der Waals surface area contributed by atoms with Crippen molar-refractivity contribution in [1.29, 1.82) is 0 Å². The molecule has 2 aromatic heterocycles. The van der Waals surface area contributed by atoms with E-state index >= 15 is 0 Å². The van der Waals surface area contributed by atoms with Crippen molar-refractivity contribution >= 4 is 17.2 Å². The van der Waals surface area contributed by atoms with Gasteiger partial charge >= 0.3 is 0 Å². The number of rotatable bonds is 8. The number of hydrogen-bond acceptors (Lipinski definition) is 6. The average molecular weight is 322 g/mol. The molecule has 0 radical (unpaired) electrons. The predicted octanol–water partition coefficient (Wildman–Crippen LogP) is 2.22. The van der Waals surface area contributed by atoms with Crippen LogP contribution in [0.15, 0.2) is 22.0 Å². The summed E-state index contributed by atoms with van der Waals surface area (Å²) >= 11 is 1.55. The lowest BCUT2D eigenvalue weighted by Gasteiger charge is -2.18. The Morgan fingerprint density at radius 2 is 2.32 bits per heavy atom. The highest BCUT2D eigenvalue weighted by Crippen LogP contribution is 2.21. The molecular formula is C15H22N4O2S. The molecule has 1 atom stereocenters. The number of aromatic nitrogens is 2. The Bertz CT molecular complexity index is 580. The molecule has 0 aliphatic heterocycles. The maximum Gasteiger partial charge on any atom is 0.227 e. The van der Waals surface area contributed by atoms with Crippen molar-refractivity contribution in [3.05, 3.63) is 23.4 Å². The van der Waals surface area contributed by atoms with Gasteiger partial charge in [-0.2, -0.15) is 4.98 Å². The van der Waals surface area contributed by atoms with E-state index in [1.165, 1.54) is 0 Å². The highest BCUT2D eigenvalue weighted by atomic mass is 32.1. The van der Waals surface area contributed by atoms with Crippen LogP contribution in [0, 0.1) is 5.92 Å². The smallest absolute Gasteiger partial charge is 0.227 e. The number of thiophene rings is 1. The minimum Gasteiger partial charge on any atom is -0.352 e. The van der Waals surface area contributed by atoms with Crippen molar-refractivity contribution in [2.75, 3.05) is 6.54 Å². The van der Waals surface area contributed by atoms with Gasteiger partial charge in [0.05, 0.1) is 4.88 Å². The topological polar surface area (TPSA) is 94.0 Å². The summed E-state index contributed by atoms with van der Waals surface area (Å²) in [5, 5.41) is 8.84. The fraction of sp³-hybridized carbons (Fsp3) is 0.533. The molecule has 0 saturated heterocycles. The first-order chi connectivity index (χ1) is 10.6. The molecular weight excluding hydrogens is 300 g/mol. The van der Waals surface area contributed by atoms with Gasteiger partial charge < -0.3 is 15.6 Å². The van der Waals surface area contributed by atoms with Crippen molar-refractivity contribution < 1.29 is 9.32 Å². The van der Waals surface area contributed by atoms with Crippen LogP contribution in [0.25, 0.3) is 10.7 Å². The van der Waals surface area contributed by atoms with Crippen molar-refractivity contribution in [2.45, 2.75) is 39.2 Å². The SMILES string of the molecule is CC(C)CC(CN)NC(=O)CCc1nc(-c2cccs2)no1. The maximum atomic E-state index is 11.9. The molecule has 0 fully saturated rings. The molecule has 0 bridgehead atoms. The quantitative estimate of drug-likeness (QED) is 0.777. The van der Waals surface area contributed by atoms with Gasteiger partial charge in [0.15, 0.2) is 0 Å². The highest BCUT2D eigenvalue weighted by Gasteiger charge is 2.14. The zero-order valence-corrected chi connectivity index (χ0v) is 13.7. The number of nitrogens with zero attached hydrogens (tertiary/aromatic N) is 2. The molecule has 0 spiro atoms. The van der Waals surface area contributed by atoms with Crippen LogP contribution in [0.3, 0.4) is 0 Å². The number of carbonyl (C=O) groups is 1. The average Bonchev–Trinajstić information content (AvgIpc) is 3.14. The monoisotopic (exact) mass is 322 g/mol. The minimum absolute atomic E-state index is 0.0249. The molecule has 120 valence electrons. The van der Waals surface area contributed by atoms with Gasteiger partial charge in [0.1, 0.15) is 0 Å². The number of aryl methyl sites for hydroxylation is 1. The summed E-state index contributed by atoms with van der Waals surface area (Å²) in [7, 11) is 0. The molecule has 1 unspecified atom stereocenters. The van der Waals surface area contributed by atoms with E-state index in [1.54, 1.807) is 11.3 Å². The summed E-state index contributed by atoms with van der Waals surface area (Å²) in [6.45, 7) is 4.67. The first-order valence-corrected chi connectivity index (χ1v) is 8.32. The number of nitrogens with one attached hydrogen (secondary N) is 1. The van der Waals surface area contributed by atoms with Gasteiger partial charge in [0.2, 0.25) is 17.6 Å². The fourth-order valence-corrected chi connectivity index (χ4v) is 2.81. The van der Waals surface area contributed by atoms with Crippen LogP contribution >= 0.6 is 11.3 Å². The standard InChI is InChI=1S/C15H22N4O2S/c1-10(2)8-11(9-16)17-13(20)5-6-14-18-15(19-21-14)12-4-3-7-22-12/h3-4,7,10-11H,5-6,8-9,16H2,1-2H3,(H,17,20). The predicted molar refractivity (Wildman–Crippen MR) is 86.4 cm³/mol. The van der Waals surface area contributed by atoms with Gasteiger partial charge in [-0.15, -0.1) is 11.3 Å². The van der Waals surface area contributed by atoms with Crippen molar-refractivity contribution in [2.24, 2.45) is 11.7 Å². The first kappa shape index (κ1) is 16.6. The second-order valence-electron chi connectivity index (χ2n) is 5.62. The van der Waals surface area contributed by atoms with E-state index in [0.29, 0.717) is 37.0 Å². The van der Waals surface area contributed by atoms with Crippen LogP contribution in [-0.4, -0.2) is 28.6 Å². The third kappa shape index (κ3) is 4.92. The number of amides is 1. The third-order valence-electron chi connectivity index (χ3n) is 3.18. The Morgan fingerprint density at radius 3 is 2.95 bits per heavy atom. The zero-order chi connectivity index (χ0) is 15.9. The summed E-state index contributed by atoms with van der Waals surface area (Å²) < 4.78 is 5.18. The van der Waals surface area contributed by atoms with E-state index in [4.69, 9.17) is 10.3 Å². The van der Waals surface area contributed by atoms with Gasteiger partial charge in [-0.25, -0.2) is 0 Å². The van der Waals surface area contributed by atoms with Crippen molar-refractivity contribution in [3.63, 3.8) is 0 Å². The van der Waals surface area contributed by atoms with E-state index in [9.17, 15) is 4.79 Å². The second kappa shape index (κ2) is 8.05. The maximum absolute atomic E-state index is 11.9. The van der Waals surface area contributed by atoms with Crippen molar-refractivity contribution in [1.82, 2.24) is 15.5 Å². The molecule has 2 rings (SSSR count). The van der Waals surface area contributed by atoms with E-state index in [2.05, 4.69) is 29.3 Å². The Balaban J connectivity index is 1.81. The van der Waals surface area contributed by atoms with Gasteiger partial charge in [-0.05, 0) is 23.8 Å². The highest BCUT2D eigenvalue weighted by molar-refractivity contribution is 7.13. The lowest BCUT2D eigenvalue weighted by Crippen LogP contribution is -2.41. The van der Waals surface area contributed by atoms with E-state index < -0.39 is 0 Å². The largest absolute Gasteiger partial charge is 0.352 e. The molecule has 3 N–H and O–H groups in total.